The third kappa shape index (κ3) is 15.1. The Morgan fingerprint density at radius 3 is 2.33 bits per heavy atom. The van der Waals surface area contributed by atoms with E-state index in [1.54, 1.807) is 42.4 Å². The third-order valence-corrected chi connectivity index (χ3v) is 16.5. The molecule has 0 spiro atoms. The lowest BCUT2D eigenvalue weighted by atomic mass is 9.55. The summed E-state index contributed by atoms with van der Waals surface area (Å²) < 4.78 is 44.5. The standard InChI is InChI=1S/C65H87N3O12/c1-5-7-8-9-10-11-12-13-14-22-40-76-64(72)68(45-48-28-24-27-46-25-15-16-29-51(46)48)59-44-56(67-80-60-31-19-23-39-75-60)53-41-47(26-17-20-36-69)52(30-18-21-37-70)61-54-42-50(33-35-57(54)79-65(59,62(53)61)77-38-6-2)78-63(71)66-55-34-32-49(73-3)43-58(55)74-4/h6,15-16,24-25,27-29,32-35,41-43,47,52,59-62,69-70H,2,5,7-14,17-23,26,30-31,36-40,44-45H2,1,3-4H3,(H,66,71). The van der Waals surface area contributed by atoms with Gasteiger partial charge in [-0.25, -0.2) is 9.59 Å². The van der Waals surface area contributed by atoms with E-state index in [0.717, 1.165) is 91.7 Å². The van der Waals surface area contributed by atoms with Crippen molar-refractivity contribution in [2.75, 3.05) is 52.6 Å². The summed E-state index contributed by atoms with van der Waals surface area (Å²) in [5.41, 5.74) is 3.66. The summed E-state index contributed by atoms with van der Waals surface area (Å²) in [7, 11) is 3.07. The quantitative estimate of drug-likeness (QED) is 0.0247. The number of nitrogens with zero attached hydrogens (tertiary/aromatic N) is 2. The third-order valence-electron chi connectivity index (χ3n) is 16.5. The van der Waals surface area contributed by atoms with Crippen LogP contribution in [0.3, 0.4) is 0 Å². The van der Waals surface area contributed by atoms with Crippen LogP contribution in [0, 0.1) is 17.8 Å². The fourth-order valence-corrected chi connectivity index (χ4v) is 12.5. The van der Waals surface area contributed by atoms with Gasteiger partial charge in [0.15, 0.2) is 0 Å². The molecule has 4 aromatic carbocycles. The van der Waals surface area contributed by atoms with Crippen LogP contribution in [0.5, 0.6) is 23.0 Å². The van der Waals surface area contributed by atoms with E-state index in [-0.39, 0.29) is 62.9 Å². The van der Waals surface area contributed by atoms with E-state index in [0.29, 0.717) is 54.5 Å². The molecule has 1 saturated heterocycles. The molecule has 15 nitrogen and oxygen atoms in total. The van der Waals surface area contributed by atoms with Gasteiger partial charge in [0.05, 0.1) is 57.9 Å². The van der Waals surface area contributed by atoms with Crippen LogP contribution < -0.4 is 24.3 Å². The van der Waals surface area contributed by atoms with Gasteiger partial charge in [0.2, 0.25) is 12.1 Å². The molecule has 2 fully saturated rings. The molecule has 0 aromatic heterocycles. The number of carbonyl (C=O) groups excluding carboxylic acids is 2. The van der Waals surface area contributed by atoms with Crippen LogP contribution in [0.2, 0.25) is 0 Å². The highest BCUT2D eigenvalue weighted by atomic mass is 16.8. The first-order valence-electron chi connectivity index (χ1n) is 29.7. The second-order valence-corrected chi connectivity index (χ2v) is 21.8. The SMILES string of the molecule is C=CCOC12Oc3ccc(OC(=O)Nc4ccc(OC)cc4OC)cc3C3C(CCCCO)C(CCCCO)C=C(C(=NOC4CCCCO4)CC1N(Cc1cccc4ccccc14)C(=O)OCCCCCCCCCCCC)C32. The molecule has 2 heterocycles. The van der Waals surface area contributed by atoms with E-state index >= 15 is 4.79 Å². The number of aliphatic hydroxyl groups excluding tert-OH is 2. The van der Waals surface area contributed by atoms with Crippen LogP contribution in [0.1, 0.15) is 152 Å². The van der Waals surface area contributed by atoms with Gasteiger partial charge in [-0.15, -0.1) is 6.58 Å². The molecule has 80 heavy (non-hydrogen) atoms. The number of oxime groups is 1. The van der Waals surface area contributed by atoms with E-state index in [1.807, 2.05) is 30.3 Å². The lowest BCUT2D eigenvalue weighted by Gasteiger charge is -2.60. The second-order valence-electron chi connectivity index (χ2n) is 21.8. The van der Waals surface area contributed by atoms with Gasteiger partial charge in [-0.1, -0.05) is 137 Å². The molecule has 2 amide bonds. The summed E-state index contributed by atoms with van der Waals surface area (Å²) in [5.74, 6) is -0.893. The number of aliphatic hydroxyl groups is 2. The Labute approximate surface area is 473 Å². The second kappa shape index (κ2) is 30.6. The summed E-state index contributed by atoms with van der Waals surface area (Å²) in [6.07, 6.45) is 20.7. The number of benzene rings is 4. The number of methoxy groups -OCH3 is 2. The lowest BCUT2D eigenvalue weighted by molar-refractivity contribution is -0.256. The fraction of sp³-hybridized carbons (Fsp3) is 0.554. The van der Waals surface area contributed by atoms with Gasteiger partial charge < -0.3 is 48.2 Å². The Morgan fingerprint density at radius 1 is 0.838 bits per heavy atom. The van der Waals surface area contributed by atoms with Crippen molar-refractivity contribution in [3.05, 3.63) is 114 Å². The average Bonchev–Trinajstić information content (AvgIpc) is 3.14. The molecule has 434 valence electrons. The van der Waals surface area contributed by atoms with Crippen molar-refractivity contribution in [3.8, 4) is 23.0 Å². The van der Waals surface area contributed by atoms with Crippen molar-refractivity contribution < 1.29 is 57.8 Å². The first kappa shape index (κ1) is 60.0. The molecule has 4 aromatic rings. The number of carbonyl (C=O) groups is 2. The van der Waals surface area contributed by atoms with Gasteiger partial charge in [0.25, 0.3) is 0 Å². The van der Waals surface area contributed by atoms with Crippen molar-refractivity contribution >= 4 is 34.4 Å². The van der Waals surface area contributed by atoms with E-state index < -0.39 is 36.2 Å². The highest BCUT2D eigenvalue weighted by Gasteiger charge is 2.66. The number of allylic oxidation sites excluding steroid dienone is 1. The number of anilines is 1. The van der Waals surface area contributed by atoms with Crippen LogP contribution in [-0.2, 0) is 25.6 Å². The molecule has 0 radical (unpaired) electrons. The molecule has 7 unspecified atom stereocenters. The maximum Gasteiger partial charge on any atom is 0.417 e. The van der Waals surface area contributed by atoms with Crippen LogP contribution in [0.4, 0.5) is 15.3 Å². The molecular weight excluding hydrogens is 1010 g/mol. The molecule has 0 bridgehead atoms. The zero-order chi connectivity index (χ0) is 56.1. The number of ether oxygens (including phenoxy) is 7. The van der Waals surface area contributed by atoms with Crippen molar-refractivity contribution in [2.45, 2.75) is 166 Å². The Kier molecular flexibility index (Phi) is 23.0. The van der Waals surface area contributed by atoms with Crippen molar-refractivity contribution in [3.63, 3.8) is 0 Å². The Morgan fingerprint density at radius 2 is 1.59 bits per heavy atom. The topological polar surface area (TPSA) is 176 Å². The Hall–Kier alpha value is -6.13. The van der Waals surface area contributed by atoms with Crippen LogP contribution in [0.15, 0.2) is 108 Å². The number of fused-ring (bicyclic) bond motifs is 3. The molecule has 8 rings (SSSR count). The van der Waals surface area contributed by atoms with Crippen molar-refractivity contribution in [2.24, 2.45) is 22.9 Å². The summed E-state index contributed by atoms with van der Waals surface area (Å²) in [5, 5.41) is 30.3. The normalized spacial score (nSPS) is 22.5. The highest BCUT2D eigenvalue weighted by molar-refractivity contribution is 6.03. The van der Waals surface area contributed by atoms with Crippen LogP contribution in [-0.4, -0.2) is 98.4 Å². The first-order chi connectivity index (χ1) is 39.2. The number of hydrogen-bond donors (Lipinski definition) is 3. The molecular formula is C65H87N3O12. The van der Waals surface area contributed by atoms with Gasteiger partial charge in [0, 0.05) is 43.6 Å². The maximum atomic E-state index is 15.5. The van der Waals surface area contributed by atoms with Crippen molar-refractivity contribution in [1.29, 1.82) is 0 Å². The van der Waals surface area contributed by atoms with Gasteiger partial charge in [0.1, 0.15) is 29.0 Å². The van der Waals surface area contributed by atoms with Gasteiger partial charge in [-0.2, -0.15) is 0 Å². The van der Waals surface area contributed by atoms with Crippen LogP contribution in [0.25, 0.3) is 10.8 Å². The zero-order valence-corrected chi connectivity index (χ0v) is 47.6. The first-order valence-corrected chi connectivity index (χ1v) is 29.7. The predicted octanol–water partition coefficient (Wildman–Crippen LogP) is 14.2. The summed E-state index contributed by atoms with van der Waals surface area (Å²) in [6, 6.07) is 24.0. The zero-order valence-electron chi connectivity index (χ0n) is 47.6. The Balaban J connectivity index is 1.24. The molecule has 4 aliphatic rings. The van der Waals surface area contributed by atoms with E-state index in [9.17, 15) is 15.0 Å². The summed E-state index contributed by atoms with van der Waals surface area (Å²) >= 11 is 0. The largest absolute Gasteiger partial charge is 0.497 e. The predicted molar refractivity (Wildman–Crippen MR) is 312 cm³/mol. The van der Waals surface area contributed by atoms with E-state index in [1.165, 1.54) is 45.6 Å². The minimum absolute atomic E-state index is 0.0274. The van der Waals surface area contributed by atoms with Gasteiger partial charge in [-0.05, 0) is 109 Å². The van der Waals surface area contributed by atoms with Gasteiger partial charge in [-0.3, -0.25) is 10.2 Å². The molecule has 15 heteroatoms. The number of amides is 2. The molecule has 7 atom stereocenters. The van der Waals surface area contributed by atoms with Crippen molar-refractivity contribution in [1.82, 2.24) is 4.90 Å². The number of rotatable bonds is 31. The molecule has 2 aliphatic carbocycles. The minimum atomic E-state index is -1.56. The fourth-order valence-electron chi connectivity index (χ4n) is 12.5. The maximum absolute atomic E-state index is 15.5. The lowest BCUT2D eigenvalue weighted by Crippen LogP contribution is -2.70. The monoisotopic (exact) mass is 1100 g/mol. The molecule has 1 saturated carbocycles. The van der Waals surface area contributed by atoms with Crippen LogP contribution >= 0.6 is 0 Å². The van der Waals surface area contributed by atoms with E-state index in [4.69, 9.17) is 43.2 Å². The van der Waals surface area contributed by atoms with E-state index in [2.05, 4.69) is 49.2 Å². The van der Waals surface area contributed by atoms with Gasteiger partial charge >= 0.3 is 12.2 Å². The molecule has 3 N–H and O–H groups in total. The number of nitrogens with one attached hydrogen (secondary N) is 1. The Bertz CT molecular complexity index is 2680. The summed E-state index contributed by atoms with van der Waals surface area (Å²) in [4.78, 5) is 37.6. The average molecular weight is 1100 g/mol. The number of unbranched alkanes of at least 4 members (excludes halogenated alkanes) is 11. The highest BCUT2D eigenvalue weighted by Crippen LogP contribution is 2.62. The minimum Gasteiger partial charge on any atom is -0.497 e. The molecule has 2 aliphatic heterocycles. The summed E-state index contributed by atoms with van der Waals surface area (Å²) in [6.45, 7) is 7.55. The number of hydrogen-bond acceptors (Lipinski definition) is 13. The smallest absolute Gasteiger partial charge is 0.417 e.